The third kappa shape index (κ3) is 34.0. The van der Waals surface area contributed by atoms with Crippen LogP contribution in [0.5, 0.6) is 0 Å². The molecule has 9 heteroatoms. The lowest BCUT2D eigenvalue weighted by molar-refractivity contribution is 0.0478. The van der Waals surface area contributed by atoms with Crippen molar-refractivity contribution < 1.29 is 24.8 Å². The van der Waals surface area contributed by atoms with Gasteiger partial charge < -0.3 is 24.8 Å². The van der Waals surface area contributed by atoms with Crippen molar-refractivity contribution in [2.45, 2.75) is 0 Å². The van der Waals surface area contributed by atoms with E-state index in [2.05, 4.69) is 42.9 Å². The predicted molar refractivity (Wildman–Crippen MR) is 44.2 cm³/mol. The fraction of sp³-hybridized carbons (Fsp3) is 1.00. The molecule has 0 aliphatic heterocycles. The van der Waals surface area contributed by atoms with Gasteiger partial charge in [-0.05, 0) is 0 Å². The largest absolute Gasteiger partial charge is 0.412 e. The Morgan fingerprint density at radius 1 is 0.538 bits per heavy atom. The molecular weight excluding hydrogens is 184 g/mol. The fourth-order valence-electron chi connectivity index (χ4n) is 0.192. The summed E-state index contributed by atoms with van der Waals surface area (Å²) in [4.78, 5) is 16.3. The number of hydrogen-bond donors (Lipinski definition) is 4. The molecule has 0 amide bonds. The van der Waals surface area contributed by atoms with Crippen LogP contribution in [0.25, 0.3) is 0 Å². The lowest BCUT2D eigenvalue weighted by Gasteiger charge is -1.90. The molecule has 9 nitrogen and oxygen atoms in total. The van der Waals surface area contributed by atoms with Crippen molar-refractivity contribution in [3.05, 3.63) is 0 Å². The second-order valence-corrected chi connectivity index (χ2v) is 1.48. The molecule has 0 saturated carbocycles. The molecular formula is C4H18N4O5. The summed E-state index contributed by atoms with van der Waals surface area (Å²) in [5.74, 6) is 18.3. The molecule has 0 bridgehead atoms. The van der Waals surface area contributed by atoms with Gasteiger partial charge in [0.2, 0.25) is 0 Å². The SMILES string of the molecule is NOCCON.NOCCON.O. The van der Waals surface area contributed by atoms with E-state index in [1.54, 1.807) is 0 Å². The Labute approximate surface area is 76.0 Å². The smallest absolute Gasteiger partial charge is 0.0933 e. The highest BCUT2D eigenvalue weighted by Gasteiger charge is 1.75. The summed E-state index contributed by atoms with van der Waals surface area (Å²) >= 11 is 0. The summed E-state index contributed by atoms with van der Waals surface area (Å²) in [5, 5.41) is 0. The maximum absolute atomic E-state index is 4.58. The Hall–Kier alpha value is -0.360. The average molecular weight is 202 g/mol. The van der Waals surface area contributed by atoms with Gasteiger partial charge in [-0.15, -0.1) is 0 Å². The van der Waals surface area contributed by atoms with Crippen LogP contribution in [0.3, 0.4) is 0 Å². The van der Waals surface area contributed by atoms with Crippen LogP contribution in [0.1, 0.15) is 0 Å². The van der Waals surface area contributed by atoms with E-state index in [1.165, 1.54) is 0 Å². The van der Waals surface area contributed by atoms with E-state index >= 15 is 0 Å². The second-order valence-electron chi connectivity index (χ2n) is 1.48. The zero-order chi connectivity index (χ0) is 9.66. The quantitative estimate of drug-likeness (QED) is 0.256. The van der Waals surface area contributed by atoms with Gasteiger partial charge in [0.25, 0.3) is 0 Å². The summed E-state index contributed by atoms with van der Waals surface area (Å²) in [7, 11) is 0. The Kier molecular flexibility index (Phi) is 32.0. The van der Waals surface area contributed by atoms with Crippen molar-refractivity contribution in [3.8, 4) is 0 Å². The monoisotopic (exact) mass is 202 g/mol. The highest BCUT2D eigenvalue weighted by Crippen LogP contribution is 1.59. The van der Waals surface area contributed by atoms with E-state index in [9.17, 15) is 0 Å². The first kappa shape index (κ1) is 18.4. The molecule has 0 aromatic heterocycles. The summed E-state index contributed by atoms with van der Waals surface area (Å²) in [6.07, 6.45) is 0. The molecule has 0 aromatic rings. The Balaban J connectivity index is -0.000000143. The van der Waals surface area contributed by atoms with Gasteiger partial charge in [-0.1, -0.05) is 0 Å². The molecule has 0 spiro atoms. The molecule has 0 aromatic carbocycles. The molecule has 0 rings (SSSR count). The fourth-order valence-corrected chi connectivity index (χ4v) is 0.192. The van der Waals surface area contributed by atoms with Crippen molar-refractivity contribution in [3.63, 3.8) is 0 Å². The van der Waals surface area contributed by atoms with Gasteiger partial charge in [0.1, 0.15) is 0 Å². The van der Waals surface area contributed by atoms with E-state index in [0.717, 1.165) is 0 Å². The molecule has 0 saturated heterocycles. The third-order valence-electron chi connectivity index (χ3n) is 0.638. The van der Waals surface area contributed by atoms with Crippen molar-refractivity contribution in [2.24, 2.45) is 23.6 Å². The minimum atomic E-state index is 0. The number of rotatable bonds is 6. The first-order valence-corrected chi connectivity index (χ1v) is 3.10. The van der Waals surface area contributed by atoms with Gasteiger partial charge >= 0.3 is 0 Å². The van der Waals surface area contributed by atoms with Crippen LogP contribution in [0.4, 0.5) is 0 Å². The minimum Gasteiger partial charge on any atom is -0.412 e. The first-order chi connectivity index (χ1) is 5.83. The summed E-state index contributed by atoms with van der Waals surface area (Å²) in [5.41, 5.74) is 0. The summed E-state index contributed by atoms with van der Waals surface area (Å²) < 4.78 is 0. The van der Waals surface area contributed by atoms with Gasteiger partial charge in [0.15, 0.2) is 0 Å². The topological polar surface area (TPSA) is 172 Å². The van der Waals surface area contributed by atoms with Gasteiger partial charge in [-0.25, -0.2) is 23.6 Å². The van der Waals surface area contributed by atoms with E-state index in [4.69, 9.17) is 0 Å². The van der Waals surface area contributed by atoms with Crippen LogP contribution >= 0.6 is 0 Å². The first-order valence-electron chi connectivity index (χ1n) is 3.10. The van der Waals surface area contributed by atoms with Crippen LogP contribution in [0.2, 0.25) is 0 Å². The zero-order valence-electron chi connectivity index (χ0n) is 7.27. The van der Waals surface area contributed by atoms with Gasteiger partial charge in [-0.3, -0.25) is 0 Å². The minimum absolute atomic E-state index is 0. The molecule has 10 N–H and O–H groups in total. The van der Waals surface area contributed by atoms with E-state index in [0.29, 0.717) is 26.4 Å². The summed E-state index contributed by atoms with van der Waals surface area (Å²) in [6.45, 7) is 1.38. The lowest BCUT2D eigenvalue weighted by Crippen LogP contribution is -2.10. The van der Waals surface area contributed by atoms with Crippen molar-refractivity contribution in [1.82, 2.24) is 0 Å². The standard InChI is InChI=1S/2C2H8N2O2.H2O/c2*3-5-1-2-6-4;/h2*1-4H2;1H2. The summed E-state index contributed by atoms with van der Waals surface area (Å²) in [6, 6.07) is 0. The van der Waals surface area contributed by atoms with Crippen LogP contribution in [-0.2, 0) is 19.4 Å². The van der Waals surface area contributed by atoms with Crippen molar-refractivity contribution in [2.75, 3.05) is 26.4 Å². The van der Waals surface area contributed by atoms with Crippen LogP contribution < -0.4 is 23.6 Å². The van der Waals surface area contributed by atoms with Crippen LogP contribution in [0.15, 0.2) is 0 Å². The molecule has 0 radical (unpaired) electrons. The van der Waals surface area contributed by atoms with Crippen LogP contribution in [-0.4, -0.2) is 31.9 Å². The van der Waals surface area contributed by atoms with E-state index in [1.807, 2.05) is 0 Å². The molecule has 0 fully saturated rings. The Morgan fingerprint density at radius 2 is 0.692 bits per heavy atom. The highest BCUT2D eigenvalue weighted by molar-refractivity contribution is 4.15. The third-order valence-corrected chi connectivity index (χ3v) is 0.638. The normalized spacial score (nSPS) is 8.31. The molecule has 0 atom stereocenters. The number of hydrogen-bond acceptors (Lipinski definition) is 8. The zero-order valence-corrected chi connectivity index (χ0v) is 7.27. The molecule has 0 aliphatic carbocycles. The van der Waals surface area contributed by atoms with Crippen molar-refractivity contribution in [1.29, 1.82) is 0 Å². The van der Waals surface area contributed by atoms with Crippen LogP contribution in [0, 0.1) is 0 Å². The van der Waals surface area contributed by atoms with Gasteiger partial charge in [-0.2, -0.15) is 0 Å². The Bertz CT molecular complexity index is 52.5. The van der Waals surface area contributed by atoms with E-state index < -0.39 is 0 Å². The van der Waals surface area contributed by atoms with Crippen molar-refractivity contribution >= 4 is 0 Å². The maximum atomic E-state index is 4.58. The molecule has 13 heavy (non-hydrogen) atoms. The molecule has 0 unspecified atom stereocenters. The average Bonchev–Trinajstić information content (AvgIpc) is 2.12. The molecule has 84 valence electrons. The predicted octanol–water partition coefficient (Wildman–Crippen LogP) is -3.29. The molecule has 0 heterocycles. The number of nitrogens with two attached hydrogens (primary N) is 4. The lowest BCUT2D eigenvalue weighted by atomic mass is 10.8. The molecule has 0 aliphatic rings. The van der Waals surface area contributed by atoms with Gasteiger partial charge in [0, 0.05) is 0 Å². The van der Waals surface area contributed by atoms with E-state index in [-0.39, 0.29) is 5.48 Å². The second kappa shape index (κ2) is 22.6. The highest BCUT2D eigenvalue weighted by atomic mass is 16.7. The van der Waals surface area contributed by atoms with Gasteiger partial charge in [0.05, 0.1) is 26.4 Å². The maximum Gasteiger partial charge on any atom is 0.0933 e. The Morgan fingerprint density at radius 3 is 0.769 bits per heavy atom.